The van der Waals surface area contributed by atoms with Crippen LogP contribution in [0.4, 0.5) is 0 Å². The van der Waals surface area contributed by atoms with E-state index >= 15 is 0 Å². The SMILES string of the molecule is CCOC(=O)c1ccc(-c2ccc3c(c2)C(C)(C)C[C@@H](OC(=O)c2ccccc2)S3)nc1. The molecule has 0 bridgehead atoms. The molecule has 0 radical (unpaired) electrons. The lowest BCUT2D eigenvalue weighted by Crippen LogP contribution is -2.31. The second-order valence-corrected chi connectivity index (χ2v) is 9.47. The third-order valence-corrected chi connectivity index (χ3v) is 6.60. The molecule has 4 rings (SSSR count). The van der Waals surface area contributed by atoms with Gasteiger partial charge in [-0.15, -0.1) is 0 Å². The van der Waals surface area contributed by atoms with E-state index < -0.39 is 0 Å². The highest BCUT2D eigenvalue weighted by Gasteiger charge is 2.36. The standard InChI is InChI=1S/C26H25NO4S/c1-4-30-24(28)19-10-12-21(27-16-19)18-11-13-22-20(14-18)26(2,3)15-23(32-22)31-25(29)17-8-6-5-7-9-17/h5-14,16,23H,4,15H2,1-3H3/t23-/m0/s1. The number of nitrogens with zero attached hydrogens (tertiary/aromatic N) is 1. The Labute approximate surface area is 192 Å². The number of fused-ring (bicyclic) bond motifs is 1. The summed E-state index contributed by atoms with van der Waals surface area (Å²) < 4.78 is 10.8. The highest BCUT2D eigenvalue weighted by molar-refractivity contribution is 7.99. The zero-order valence-electron chi connectivity index (χ0n) is 18.3. The van der Waals surface area contributed by atoms with Gasteiger partial charge in [-0.3, -0.25) is 4.98 Å². The molecule has 1 aliphatic heterocycles. The summed E-state index contributed by atoms with van der Waals surface area (Å²) in [4.78, 5) is 29.9. The Kier molecular flexibility index (Phi) is 6.33. The van der Waals surface area contributed by atoms with Gasteiger partial charge in [-0.2, -0.15) is 0 Å². The average molecular weight is 448 g/mol. The van der Waals surface area contributed by atoms with Crippen molar-refractivity contribution in [1.29, 1.82) is 0 Å². The van der Waals surface area contributed by atoms with Crippen molar-refractivity contribution in [2.45, 2.75) is 42.9 Å². The van der Waals surface area contributed by atoms with Gasteiger partial charge in [0.1, 0.15) is 0 Å². The van der Waals surface area contributed by atoms with Gasteiger partial charge >= 0.3 is 11.9 Å². The molecule has 0 aliphatic carbocycles. The van der Waals surface area contributed by atoms with E-state index in [1.54, 1.807) is 43.1 Å². The first-order valence-electron chi connectivity index (χ1n) is 10.6. The topological polar surface area (TPSA) is 65.5 Å². The van der Waals surface area contributed by atoms with Crippen LogP contribution in [0.3, 0.4) is 0 Å². The Balaban J connectivity index is 1.54. The number of pyridine rings is 1. The molecule has 1 aromatic heterocycles. The molecule has 0 amide bonds. The molecule has 0 fully saturated rings. The first kappa shape index (κ1) is 22.1. The second kappa shape index (κ2) is 9.17. The second-order valence-electron chi connectivity index (χ2n) is 8.27. The average Bonchev–Trinajstić information content (AvgIpc) is 2.79. The van der Waals surface area contributed by atoms with Crippen LogP contribution in [-0.4, -0.2) is 29.0 Å². The van der Waals surface area contributed by atoms with E-state index in [-0.39, 0.29) is 22.8 Å². The molecule has 2 aromatic carbocycles. The van der Waals surface area contributed by atoms with Crippen molar-refractivity contribution >= 4 is 23.7 Å². The highest BCUT2D eigenvalue weighted by atomic mass is 32.2. The smallest absolute Gasteiger partial charge is 0.339 e. The number of thioether (sulfide) groups is 1. The van der Waals surface area contributed by atoms with Gasteiger partial charge < -0.3 is 9.47 Å². The number of esters is 2. The first-order chi connectivity index (χ1) is 15.4. The summed E-state index contributed by atoms with van der Waals surface area (Å²) in [5.74, 6) is -0.671. The van der Waals surface area contributed by atoms with Crippen molar-refractivity contribution in [3.8, 4) is 11.3 Å². The Bertz CT molecular complexity index is 1130. The van der Waals surface area contributed by atoms with E-state index in [1.165, 1.54) is 5.56 Å². The maximum atomic E-state index is 12.5. The largest absolute Gasteiger partial charge is 0.462 e. The molecule has 164 valence electrons. The van der Waals surface area contributed by atoms with Crippen LogP contribution >= 0.6 is 11.8 Å². The summed E-state index contributed by atoms with van der Waals surface area (Å²) >= 11 is 1.57. The van der Waals surface area contributed by atoms with Crippen LogP contribution in [0.2, 0.25) is 0 Å². The van der Waals surface area contributed by atoms with Gasteiger partial charge in [0, 0.05) is 23.1 Å². The van der Waals surface area contributed by atoms with Crippen molar-refractivity contribution in [2.75, 3.05) is 6.61 Å². The molecule has 1 atom stereocenters. The van der Waals surface area contributed by atoms with Crippen LogP contribution < -0.4 is 0 Å². The third-order valence-electron chi connectivity index (χ3n) is 5.46. The van der Waals surface area contributed by atoms with Crippen molar-refractivity contribution in [3.05, 3.63) is 83.6 Å². The number of carbonyl (C=O) groups excluding carboxylic acids is 2. The predicted molar refractivity (Wildman–Crippen MR) is 125 cm³/mol. The van der Waals surface area contributed by atoms with Crippen LogP contribution in [0.1, 0.15) is 53.5 Å². The van der Waals surface area contributed by atoms with Crippen LogP contribution in [0, 0.1) is 0 Å². The minimum Gasteiger partial charge on any atom is -0.462 e. The Morgan fingerprint density at radius 1 is 1.03 bits per heavy atom. The van der Waals surface area contributed by atoms with Gasteiger partial charge in [-0.1, -0.05) is 49.9 Å². The predicted octanol–water partition coefficient (Wildman–Crippen LogP) is 5.88. The Morgan fingerprint density at radius 3 is 2.50 bits per heavy atom. The van der Waals surface area contributed by atoms with Crippen LogP contribution in [0.15, 0.2) is 71.8 Å². The van der Waals surface area contributed by atoms with Crippen molar-refractivity contribution in [2.24, 2.45) is 0 Å². The lowest BCUT2D eigenvalue weighted by molar-refractivity contribution is 0.0415. The molecule has 5 nitrogen and oxygen atoms in total. The van der Waals surface area contributed by atoms with E-state index in [0.29, 0.717) is 24.2 Å². The normalized spacial score (nSPS) is 16.7. The zero-order valence-corrected chi connectivity index (χ0v) is 19.1. The first-order valence-corrected chi connectivity index (χ1v) is 11.5. The van der Waals surface area contributed by atoms with Crippen molar-refractivity contribution < 1.29 is 19.1 Å². The Hall–Kier alpha value is -3.12. The number of hydrogen-bond donors (Lipinski definition) is 0. The van der Waals surface area contributed by atoms with E-state index in [9.17, 15) is 9.59 Å². The number of carbonyl (C=O) groups is 2. The van der Waals surface area contributed by atoms with Crippen LogP contribution in [0.25, 0.3) is 11.3 Å². The molecular weight excluding hydrogens is 422 g/mol. The van der Waals surface area contributed by atoms with Gasteiger partial charge in [0.25, 0.3) is 0 Å². The molecule has 1 aliphatic rings. The fraction of sp³-hybridized carbons (Fsp3) is 0.269. The van der Waals surface area contributed by atoms with E-state index in [1.807, 2.05) is 30.3 Å². The molecule has 0 spiro atoms. The molecule has 32 heavy (non-hydrogen) atoms. The summed E-state index contributed by atoms with van der Waals surface area (Å²) in [7, 11) is 0. The molecule has 2 heterocycles. The molecule has 0 saturated heterocycles. The summed E-state index contributed by atoms with van der Waals surface area (Å²) in [6, 6.07) is 18.8. The zero-order chi connectivity index (χ0) is 22.7. The summed E-state index contributed by atoms with van der Waals surface area (Å²) in [5, 5.41) is 0. The fourth-order valence-corrected chi connectivity index (χ4v) is 5.29. The fourth-order valence-electron chi connectivity index (χ4n) is 3.76. The Morgan fingerprint density at radius 2 is 1.81 bits per heavy atom. The third kappa shape index (κ3) is 4.70. The monoisotopic (exact) mass is 447 g/mol. The molecule has 6 heteroatoms. The van der Waals surface area contributed by atoms with Gasteiger partial charge in [0.05, 0.1) is 23.4 Å². The van der Waals surface area contributed by atoms with Gasteiger partial charge in [0.2, 0.25) is 0 Å². The number of ether oxygens (including phenoxy) is 2. The van der Waals surface area contributed by atoms with Crippen LogP contribution in [-0.2, 0) is 14.9 Å². The molecule has 0 N–H and O–H groups in total. The van der Waals surface area contributed by atoms with Crippen molar-refractivity contribution in [3.63, 3.8) is 0 Å². The highest BCUT2D eigenvalue weighted by Crippen LogP contribution is 2.47. The summed E-state index contributed by atoms with van der Waals surface area (Å²) in [6.45, 7) is 6.44. The van der Waals surface area contributed by atoms with Gasteiger partial charge in [-0.05, 0) is 54.3 Å². The number of aromatic nitrogens is 1. The van der Waals surface area contributed by atoms with Gasteiger partial charge in [-0.25, -0.2) is 9.59 Å². The quantitative estimate of drug-likeness (QED) is 0.455. The van der Waals surface area contributed by atoms with E-state index in [0.717, 1.165) is 16.2 Å². The maximum Gasteiger partial charge on any atom is 0.339 e. The van der Waals surface area contributed by atoms with Gasteiger partial charge in [0.15, 0.2) is 5.44 Å². The minimum absolute atomic E-state index is 0.177. The molecular formula is C26H25NO4S. The lowest BCUT2D eigenvalue weighted by atomic mass is 9.80. The lowest BCUT2D eigenvalue weighted by Gasteiger charge is -2.36. The maximum absolute atomic E-state index is 12.5. The van der Waals surface area contributed by atoms with E-state index in [4.69, 9.17) is 9.47 Å². The summed E-state index contributed by atoms with van der Waals surface area (Å²) in [5.41, 5.74) is 3.54. The molecule has 0 unspecified atom stereocenters. The van der Waals surface area contributed by atoms with Crippen molar-refractivity contribution in [1.82, 2.24) is 4.98 Å². The number of hydrogen-bond acceptors (Lipinski definition) is 6. The number of rotatable bonds is 5. The minimum atomic E-state index is -0.370. The summed E-state index contributed by atoms with van der Waals surface area (Å²) in [6.07, 6.45) is 2.26. The number of benzene rings is 2. The van der Waals surface area contributed by atoms with E-state index in [2.05, 4.69) is 31.0 Å². The molecule has 3 aromatic rings. The molecule has 0 saturated carbocycles. The van der Waals surface area contributed by atoms with Crippen LogP contribution in [0.5, 0.6) is 0 Å².